The number of rotatable bonds is 3. The third-order valence-electron chi connectivity index (χ3n) is 3.36. The van der Waals surface area contributed by atoms with Gasteiger partial charge >= 0.3 is 11.7 Å². The van der Waals surface area contributed by atoms with Gasteiger partial charge in [0.15, 0.2) is 11.5 Å². The van der Waals surface area contributed by atoms with Gasteiger partial charge in [-0.2, -0.15) is 4.58 Å². The number of hydrogen-bond acceptors (Lipinski definition) is 6. The van der Waals surface area contributed by atoms with Crippen molar-refractivity contribution < 1.29 is 18.7 Å². The summed E-state index contributed by atoms with van der Waals surface area (Å²) in [7, 11) is 1.33. The molecule has 0 spiro atoms. The quantitative estimate of drug-likeness (QED) is 0.472. The first-order valence-electron chi connectivity index (χ1n) is 6.63. The zero-order valence-electron chi connectivity index (χ0n) is 11.9. The monoisotopic (exact) mass is 314 g/mol. The minimum Gasteiger partial charge on any atom is -0.771 e. The lowest BCUT2D eigenvalue weighted by atomic mass is 10.2. The summed E-state index contributed by atoms with van der Waals surface area (Å²) in [6.07, 6.45) is 2.77. The Hall–Kier alpha value is -3.36. The summed E-state index contributed by atoms with van der Waals surface area (Å²) < 4.78 is 23.2. The van der Waals surface area contributed by atoms with Gasteiger partial charge in [-0.05, 0) is 24.1 Å². The third-order valence-corrected chi connectivity index (χ3v) is 3.36. The number of benzene rings is 1. The van der Waals surface area contributed by atoms with Crippen molar-refractivity contribution in [2.45, 2.75) is 0 Å². The van der Waals surface area contributed by atoms with E-state index in [2.05, 4.69) is 9.72 Å². The molecule has 1 aromatic carbocycles. The van der Waals surface area contributed by atoms with E-state index >= 15 is 0 Å². The fourth-order valence-corrected chi connectivity index (χ4v) is 2.32. The second-order valence-corrected chi connectivity index (χ2v) is 4.67. The highest BCUT2D eigenvalue weighted by atomic mass is 16.7. The molecule has 0 amide bonds. The summed E-state index contributed by atoms with van der Waals surface area (Å²) in [5.41, 5.74) is 0.119. The number of aromatic nitrogens is 2. The molecule has 0 fully saturated rings. The van der Waals surface area contributed by atoms with Crippen molar-refractivity contribution in [3.05, 3.63) is 46.2 Å². The van der Waals surface area contributed by atoms with Crippen molar-refractivity contribution >= 4 is 23.4 Å². The molecule has 9 heteroatoms. The number of ether oxygens (including phenoxy) is 3. The molecule has 0 radical (unpaired) electrons. The molecule has 3 heterocycles. The number of fused-ring (bicyclic) bond motifs is 3. The number of nitrogens with zero attached hydrogens (tertiary/aromatic N) is 4. The van der Waals surface area contributed by atoms with E-state index in [1.807, 2.05) is 0 Å². The molecule has 23 heavy (non-hydrogen) atoms. The van der Waals surface area contributed by atoms with Crippen molar-refractivity contribution in [3.8, 4) is 11.5 Å². The Bertz CT molecular complexity index is 937. The summed E-state index contributed by atoms with van der Waals surface area (Å²) in [5, 5.41) is 9.40. The van der Waals surface area contributed by atoms with Crippen LogP contribution in [0.25, 0.3) is 5.41 Å². The fraction of sp³-hybridized carbons (Fsp3) is 0.143. The highest BCUT2D eigenvalue weighted by Gasteiger charge is 2.37. The largest absolute Gasteiger partial charge is 0.771 e. The smallest absolute Gasteiger partial charge is 0.520 e. The van der Waals surface area contributed by atoms with E-state index < -0.39 is 5.69 Å². The normalized spacial score (nSPS) is 14.8. The SMILES string of the molecule is COC(=[N-])/C=C\C1=[N+](c2ccc3c(c2)OCO3)c2nc(=O)n1o2. The average Bonchev–Trinajstić information content (AvgIpc) is 3.24. The molecule has 2 aromatic rings. The van der Waals surface area contributed by atoms with Crippen molar-refractivity contribution in [1.29, 1.82) is 0 Å². The second kappa shape index (κ2) is 4.83. The van der Waals surface area contributed by atoms with E-state index in [9.17, 15) is 10.2 Å². The molecule has 2 aliphatic heterocycles. The molecule has 0 saturated carbocycles. The van der Waals surface area contributed by atoms with Gasteiger partial charge in [-0.25, -0.2) is 9.32 Å². The van der Waals surface area contributed by atoms with Crippen LogP contribution in [0.2, 0.25) is 0 Å². The summed E-state index contributed by atoms with van der Waals surface area (Å²) in [6, 6.07) is 5.39. The zero-order chi connectivity index (χ0) is 16.0. The van der Waals surface area contributed by atoms with Crippen LogP contribution >= 0.6 is 0 Å². The Morgan fingerprint density at radius 2 is 2.26 bits per heavy atom. The second-order valence-electron chi connectivity index (χ2n) is 4.67. The van der Waals surface area contributed by atoms with Gasteiger partial charge in [-0.1, -0.05) is 0 Å². The van der Waals surface area contributed by atoms with Crippen LogP contribution in [0, 0.1) is 0 Å². The molecule has 1 aromatic heterocycles. The molecule has 4 rings (SSSR count). The van der Waals surface area contributed by atoms with Crippen LogP contribution in [-0.2, 0) is 4.74 Å². The van der Waals surface area contributed by atoms with Gasteiger partial charge in [0.1, 0.15) is 5.69 Å². The van der Waals surface area contributed by atoms with Crippen molar-refractivity contribution in [2.75, 3.05) is 13.9 Å². The van der Waals surface area contributed by atoms with E-state index in [4.69, 9.17) is 14.0 Å². The van der Waals surface area contributed by atoms with Gasteiger partial charge in [-0.3, -0.25) is 0 Å². The third kappa shape index (κ3) is 2.01. The maximum Gasteiger partial charge on any atom is 0.520 e. The predicted molar refractivity (Wildman–Crippen MR) is 79.7 cm³/mol. The lowest BCUT2D eigenvalue weighted by Crippen LogP contribution is -2.31. The number of methoxy groups -OCH3 is 1. The van der Waals surface area contributed by atoms with Gasteiger partial charge in [-0.15, -0.1) is 0 Å². The summed E-state index contributed by atoms with van der Waals surface area (Å²) in [4.78, 5) is 15.5. The van der Waals surface area contributed by atoms with Crippen molar-refractivity contribution in [3.63, 3.8) is 0 Å². The first kappa shape index (κ1) is 13.3. The zero-order valence-corrected chi connectivity index (χ0v) is 11.9. The van der Waals surface area contributed by atoms with Gasteiger partial charge in [0, 0.05) is 21.9 Å². The van der Waals surface area contributed by atoms with Crippen LogP contribution in [0.4, 0.5) is 11.7 Å². The molecule has 2 bridgehead atoms. The molecule has 0 aliphatic carbocycles. The Balaban J connectivity index is 1.83. The molecule has 0 atom stereocenters. The van der Waals surface area contributed by atoms with Crippen molar-refractivity contribution in [1.82, 2.24) is 14.3 Å². The standard InChI is InChI=1S/C14H10N4O5/c1-20-11(15)4-5-12-17(14-16-13(19)18(12)23-14)8-2-3-9-10(6-8)22-7-21-9/h2-6H,7H2,1H3/b5-4-. The maximum atomic E-state index is 11.7. The van der Waals surface area contributed by atoms with Crippen LogP contribution < -0.4 is 19.7 Å². The van der Waals surface area contributed by atoms with E-state index in [-0.39, 0.29) is 18.7 Å². The molecule has 2 aliphatic rings. The van der Waals surface area contributed by atoms with Gasteiger partial charge in [0.25, 0.3) is 5.84 Å². The molecular formula is C14H10N4O5. The first-order valence-corrected chi connectivity index (χ1v) is 6.63. The fourth-order valence-electron chi connectivity index (χ4n) is 2.32. The Kier molecular flexibility index (Phi) is 2.80. The first-order chi connectivity index (χ1) is 11.2. The molecule has 116 valence electrons. The Morgan fingerprint density at radius 1 is 1.43 bits per heavy atom. The summed E-state index contributed by atoms with van der Waals surface area (Å²) in [6.45, 7) is 0.161. The number of allylic oxidation sites excluding steroid dienone is 1. The molecule has 0 saturated heterocycles. The predicted octanol–water partition coefficient (Wildman–Crippen LogP) is 0.830. The van der Waals surface area contributed by atoms with Crippen LogP contribution in [0.3, 0.4) is 0 Å². The maximum absolute atomic E-state index is 11.7. The van der Waals surface area contributed by atoms with E-state index in [1.165, 1.54) is 19.3 Å². The lowest BCUT2D eigenvalue weighted by molar-refractivity contribution is 0.174. The van der Waals surface area contributed by atoms with Crippen molar-refractivity contribution in [2.24, 2.45) is 0 Å². The molecular weight excluding hydrogens is 304 g/mol. The highest BCUT2D eigenvalue weighted by Crippen LogP contribution is 2.36. The summed E-state index contributed by atoms with van der Waals surface area (Å²) >= 11 is 0. The molecule has 9 nitrogen and oxygen atoms in total. The molecule has 0 N–H and O–H groups in total. The highest BCUT2D eigenvalue weighted by molar-refractivity contribution is 6.03. The van der Waals surface area contributed by atoms with Gasteiger partial charge < -0.3 is 19.6 Å². The van der Waals surface area contributed by atoms with Crippen LogP contribution in [-0.4, -0.2) is 35.4 Å². The van der Waals surface area contributed by atoms with E-state index in [0.29, 0.717) is 23.0 Å². The Morgan fingerprint density at radius 3 is 3.09 bits per heavy atom. The summed E-state index contributed by atoms with van der Waals surface area (Å²) in [5.74, 6) is 1.28. The van der Waals surface area contributed by atoms with Crippen LogP contribution in [0.15, 0.2) is 39.7 Å². The number of hydrogen-bond donors (Lipinski definition) is 0. The molecule has 0 unspecified atom stereocenters. The lowest BCUT2D eigenvalue weighted by Gasteiger charge is -2.05. The van der Waals surface area contributed by atoms with E-state index in [0.717, 1.165) is 4.74 Å². The minimum atomic E-state index is -0.548. The van der Waals surface area contributed by atoms with Gasteiger partial charge in [0.05, 0.1) is 7.11 Å². The Labute approximate surface area is 129 Å². The minimum absolute atomic E-state index is 0.116. The average molecular weight is 314 g/mol. The van der Waals surface area contributed by atoms with E-state index in [1.54, 1.807) is 22.8 Å². The topological polar surface area (TPSA) is 101 Å². The van der Waals surface area contributed by atoms with Crippen LogP contribution in [0.1, 0.15) is 0 Å². The van der Waals surface area contributed by atoms with Crippen LogP contribution in [0.5, 0.6) is 11.5 Å². The van der Waals surface area contributed by atoms with Gasteiger partial charge in [0.2, 0.25) is 6.79 Å².